The van der Waals surface area contributed by atoms with E-state index in [0.717, 1.165) is 24.8 Å². The lowest BCUT2D eigenvalue weighted by molar-refractivity contribution is -0.0704. The molecular formula is C11H20O2. The molecule has 0 radical (unpaired) electrons. The first-order valence-electron chi connectivity index (χ1n) is 5.09. The molecule has 2 N–H and O–H groups in total. The summed E-state index contributed by atoms with van der Waals surface area (Å²) < 4.78 is 0. The first-order chi connectivity index (χ1) is 5.99. The van der Waals surface area contributed by atoms with E-state index in [1.807, 2.05) is 13.8 Å². The van der Waals surface area contributed by atoms with Crippen LogP contribution in [-0.4, -0.2) is 21.9 Å². The zero-order valence-corrected chi connectivity index (χ0v) is 8.75. The lowest BCUT2D eigenvalue weighted by atomic mass is 9.79. The van der Waals surface area contributed by atoms with Crippen LogP contribution in [0.4, 0.5) is 0 Å². The molecule has 1 aliphatic rings. The maximum absolute atomic E-state index is 10.3. The molecule has 2 nitrogen and oxygen atoms in total. The first kappa shape index (κ1) is 10.7. The lowest BCUT2D eigenvalue weighted by Gasteiger charge is -2.36. The highest BCUT2D eigenvalue weighted by Crippen LogP contribution is 2.36. The number of aliphatic hydroxyl groups is 2. The van der Waals surface area contributed by atoms with Crippen LogP contribution in [0.2, 0.25) is 0 Å². The van der Waals surface area contributed by atoms with Crippen molar-refractivity contribution < 1.29 is 10.2 Å². The second kappa shape index (κ2) is 3.81. The molecule has 0 bridgehead atoms. The topological polar surface area (TPSA) is 40.5 Å². The molecule has 0 saturated heterocycles. The van der Waals surface area contributed by atoms with Gasteiger partial charge in [-0.1, -0.05) is 19.9 Å². The molecule has 0 unspecified atom stereocenters. The summed E-state index contributed by atoms with van der Waals surface area (Å²) in [4.78, 5) is 0. The fourth-order valence-corrected chi connectivity index (χ4v) is 2.16. The third-order valence-electron chi connectivity index (χ3n) is 3.07. The van der Waals surface area contributed by atoms with Crippen molar-refractivity contribution in [2.75, 3.05) is 0 Å². The van der Waals surface area contributed by atoms with Gasteiger partial charge in [0.15, 0.2) is 0 Å². The summed E-state index contributed by atoms with van der Waals surface area (Å²) in [7, 11) is 0. The van der Waals surface area contributed by atoms with Crippen molar-refractivity contribution in [3.05, 3.63) is 11.6 Å². The number of rotatable bonds is 3. The van der Waals surface area contributed by atoms with E-state index in [-0.39, 0.29) is 5.92 Å². The molecule has 13 heavy (non-hydrogen) atoms. The van der Waals surface area contributed by atoms with Crippen molar-refractivity contribution in [3.63, 3.8) is 0 Å². The summed E-state index contributed by atoms with van der Waals surface area (Å²) in [6.07, 6.45) is 4.47. The molecule has 2 heteroatoms. The predicted molar refractivity (Wildman–Crippen MR) is 53.4 cm³/mol. The summed E-state index contributed by atoms with van der Waals surface area (Å²) in [6, 6.07) is 0. The van der Waals surface area contributed by atoms with Gasteiger partial charge in [-0.3, -0.25) is 0 Å². The van der Waals surface area contributed by atoms with Gasteiger partial charge in [0.05, 0.1) is 6.10 Å². The number of aliphatic hydroxyl groups excluding tert-OH is 1. The van der Waals surface area contributed by atoms with E-state index in [9.17, 15) is 10.2 Å². The Morgan fingerprint density at radius 1 is 1.38 bits per heavy atom. The van der Waals surface area contributed by atoms with Gasteiger partial charge in [-0.2, -0.15) is 0 Å². The number of hydrogen-bond donors (Lipinski definition) is 2. The molecule has 0 aliphatic heterocycles. The molecule has 0 saturated carbocycles. The Morgan fingerprint density at radius 2 is 2.00 bits per heavy atom. The molecule has 0 heterocycles. The van der Waals surface area contributed by atoms with E-state index in [1.165, 1.54) is 0 Å². The van der Waals surface area contributed by atoms with Crippen molar-refractivity contribution in [2.24, 2.45) is 5.92 Å². The Kier molecular flexibility index (Phi) is 3.14. The van der Waals surface area contributed by atoms with Crippen LogP contribution in [0.5, 0.6) is 0 Å². The summed E-state index contributed by atoms with van der Waals surface area (Å²) in [5, 5.41) is 20.0. The maximum atomic E-state index is 10.3. The highest BCUT2D eigenvalue weighted by molar-refractivity contribution is 5.23. The van der Waals surface area contributed by atoms with Gasteiger partial charge in [0.25, 0.3) is 0 Å². The third-order valence-corrected chi connectivity index (χ3v) is 3.07. The van der Waals surface area contributed by atoms with E-state index < -0.39 is 11.7 Å². The van der Waals surface area contributed by atoms with Gasteiger partial charge in [-0.25, -0.2) is 0 Å². The van der Waals surface area contributed by atoms with E-state index in [0.29, 0.717) is 0 Å². The maximum Gasteiger partial charge on any atom is 0.113 e. The summed E-state index contributed by atoms with van der Waals surface area (Å²) in [5.74, 6) is 0.0665. The fraction of sp³-hybridized carbons (Fsp3) is 0.818. The molecule has 0 aromatic carbocycles. The van der Waals surface area contributed by atoms with Crippen molar-refractivity contribution >= 4 is 0 Å². The van der Waals surface area contributed by atoms with Crippen LogP contribution in [0.15, 0.2) is 11.6 Å². The summed E-state index contributed by atoms with van der Waals surface area (Å²) in [6.45, 7) is 5.57. The van der Waals surface area contributed by atoms with Crippen LogP contribution >= 0.6 is 0 Å². The normalized spacial score (nSPS) is 24.3. The van der Waals surface area contributed by atoms with Crippen LogP contribution in [0.1, 0.15) is 40.0 Å². The highest BCUT2D eigenvalue weighted by atomic mass is 16.3. The van der Waals surface area contributed by atoms with E-state index in [4.69, 9.17) is 0 Å². The molecule has 0 amide bonds. The van der Waals surface area contributed by atoms with Crippen LogP contribution in [0.25, 0.3) is 0 Å². The second-order valence-corrected chi connectivity index (χ2v) is 4.28. The minimum Gasteiger partial charge on any atom is -0.390 e. The first-order valence-corrected chi connectivity index (χ1v) is 5.09. The molecule has 2 atom stereocenters. The summed E-state index contributed by atoms with van der Waals surface area (Å²) >= 11 is 0. The number of hydrogen-bond acceptors (Lipinski definition) is 2. The molecule has 1 rings (SSSR count). The Balaban J connectivity index is 2.90. The molecular weight excluding hydrogens is 164 g/mol. The number of allylic oxidation sites excluding steroid dienone is 1. The molecule has 0 spiro atoms. The summed E-state index contributed by atoms with van der Waals surface area (Å²) in [5.41, 5.74) is 0.0220. The Hall–Kier alpha value is -0.340. The largest absolute Gasteiger partial charge is 0.390 e. The quantitative estimate of drug-likeness (QED) is 0.657. The van der Waals surface area contributed by atoms with Crippen molar-refractivity contribution in [3.8, 4) is 0 Å². The van der Waals surface area contributed by atoms with Crippen LogP contribution in [0, 0.1) is 5.92 Å². The molecule has 1 aliphatic carbocycles. The van der Waals surface area contributed by atoms with Gasteiger partial charge in [-0.15, -0.1) is 0 Å². The Morgan fingerprint density at radius 3 is 2.31 bits per heavy atom. The SMILES string of the molecule is CC(C)[C@@](O)(C1=CCCC1)[C@H](C)O. The molecule has 0 aromatic heterocycles. The van der Waals surface area contributed by atoms with Crippen molar-refractivity contribution in [1.29, 1.82) is 0 Å². The zero-order valence-electron chi connectivity index (χ0n) is 8.75. The Bertz CT molecular complexity index is 196. The van der Waals surface area contributed by atoms with Gasteiger partial charge in [0.1, 0.15) is 5.60 Å². The minimum atomic E-state index is -1.00. The molecule has 0 fully saturated rings. The van der Waals surface area contributed by atoms with Crippen LogP contribution < -0.4 is 0 Å². The zero-order chi connectivity index (χ0) is 10.1. The monoisotopic (exact) mass is 184 g/mol. The molecule has 76 valence electrons. The standard InChI is InChI=1S/C11H20O2/c1-8(2)11(13,9(3)12)10-6-4-5-7-10/h6,8-9,12-13H,4-5,7H2,1-3H3/t9-,11-/m0/s1. The molecule has 0 aromatic rings. The Labute approximate surface area is 80.3 Å². The van der Waals surface area contributed by atoms with Crippen LogP contribution in [-0.2, 0) is 0 Å². The van der Waals surface area contributed by atoms with Crippen molar-refractivity contribution in [2.45, 2.75) is 51.7 Å². The van der Waals surface area contributed by atoms with Crippen LogP contribution in [0.3, 0.4) is 0 Å². The van der Waals surface area contributed by atoms with Gasteiger partial charge < -0.3 is 10.2 Å². The van der Waals surface area contributed by atoms with E-state index in [2.05, 4.69) is 6.08 Å². The van der Waals surface area contributed by atoms with Gasteiger partial charge >= 0.3 is 0 Å². The minimum absolute atomic E-state index is 0.0665. The highest BCUT2D eigenvalue weighted by Gasteiger charge is 2.40. The van der Waals surface area contributed by atoms with Gasteiger partial charge in [0.2, 0.25) is 0 Å². The van der Waals surface area contributed by atoms with E-state index >= 15 is 0 Å². The predicted octanol–water partition coefficient (Wildman–Crippen LogP) is 1.86. The smallest absolute Gasteiger partial charge is 0.113 e. The van der Waals surface area contributed by atoms with E-state index in [1.54, 1.807) is 6.92 Å². The second-order valence-electron chi connectivity index (χ2n) is 4.28. The van der Waals surface area contributed by atoms with Crippen molar-refractivity contribution in [1.82, 2.24) is 0 Å². The lowest BCUT2D eigenvalue weighted by Crippen LogP contribution is -2.46. The average molecular weight is 184 g/mol. The fourth-order valence-electron chi connectivity index (χ4n) is 2.16. The third kappa shape index (κ3) is 1.79. The average Bonchev–Trinajstić information content (AvgIpc) is 2.54. The van der Waals surface area contributed by atoms with Gasteiger partial charge in [-0.05, 0) is 37.7 Å². The van der Waals surface area contributed by atoms with Gasteiger partial charge in [0, 0.05) is 0 Å².